The summed E-state index contributed by atoms with van der Waals surface area (Å²) in [6.45, 7) is 0.406. The van der Waals surface area contributed by atoms with Gasteiger partial charge in [-0.3, -0.25) is 10.1 Å². The third-order valence-electron chi connectivity index (χ3n) is 2.84. The van der Waals surface area contributed by atoms with Crippen molar-refractivity contribution >= 4 is 35.6 Å². The van der Waals surface area contributed by atoms with E-state index in [-0.39, 0.29) is 0 Å². The number of ether oxygens (including phenoxy) is 3. The topological polar surface area (TPSA) is 117 Å². The van der Waals surface area contributed by atoms with Crippen molar-refractivity contribution in [3.8, 4) is 11.5 Å². The van der Waals surface area contributed by atoms with E-state index in [2.05, 4.69) is 4.74 Å². The van der Waals surface area contributed by atoms with Crippen molar-refractivity contribution in [2.45, 2.75) is 6.42 Å². The van der Waals surface area contributed by atoms with E-state index >= 15 is 0 Å². The molecule has 1 aromatic carbocycles. The molecule has 0 atom stereocenters. The summed E-state index contributed by atoms with van der Waals surface area (Å²) in [6, 6.07) is 2.27. The first-order valence-corrected chi connectivity index (χ1v) is 7.37. The van der Waals surface area contributed by atoms with Gasteiger partial charge in [-0.05, 0) is 23.8 Å². The molecular formula is C15H15ClN2O6. The van der Waals surface area contributed by atoms with Gasteiger partial charge in [-0.25, -0.2) is 9.59 Å². The van der Waals surface area contributed by atoms with E-state index < -0.39 is 24.5 Å². The summed E-state index contributed by atoms with van der Waals surface area (Å²) >= 11 is 6.13. The molecule has 0 radical (unpaired) electrons. The molecule has 0 spiro atoms. The fraction of sp³-hybridized carbons (Fsp3) is 0.267. The van der Waals surface area contributed by atoms with E-state index in [1.54, 1.807) is 17.4 Å². The molecule has 0 unspecified atom stereocenters. The van der Waals surface area contributed by atoms with Gasteiger partial charge in [0.25, 0.3) is 5.91 Å². The van der Waals surface area contributed by atoms with Gasteiger partial charge in [-0.2, -0.15) is 0 Å². The summed E-state index contributed by atoms with van der Waals surface area (Å²) in [5.41, 5.74) is 5.36. The summed E-state index contributed by atoms with van der Waals surface area (Å²) in [4.78, 5) is 33.1. The van der Waals surface area contributed by atoms with Crippen molar-refractivity contribution in [1.29, 1.82) is 0 Å². The molecule has 8 nitrogen and oxygen atoms in total. The van der Waals surface area contributed by atoms with E-state index in [1.807, 2.05) is 0 Å². The van der Waals surface area contributed by atoms with E-state index in [0.717, 1.165) is 12.5 Å². The van der Waals surface area contributed by atoms with Gasteiger partial charge in [0.05, 0.1) is 18.2 Å². The van der Waals surface area contributed by atoms with Gasteiger partial charge in [-0.15, -0.1) is 0 Å². The average Bonchev–Trinajstić information content (AvgIpc) is 2.76. The van der Waals surface area contributed by atoms with Crippen LogP contribution in [0.3, 0.4) is 0 Å². The number of rotatable bonds is 4. The number of benzene rings is 1. The van der Waals surface area contributed by atoms with Crippen LogP contribution in [0.1, 0.15) is 12.0 Å². The number of amides is 3. The first-order chi connectivity index (χ1) is 11.5. The summed E-state index contributed by atoms with van der Waals surface area (Å²) in [5.74, 6) is -0.619. The Hall–Kier alpha value is -2.74. The molecule has 1 heterocycles. The largest absolute Gasteiger partial charge is 0.489 e. The summed E-state index contributed by atoms with van der Waals surface area (Å²) in [5, 5.41) is 2.13. The van der Waals surface area contributed by atoms with Crippen LogP contribution in [0.2, 0.25) is 5.02 Å². The molecule has 9 heteroatoms. The SMILES string of the molecule is NC(=O)NC(=O)COC(=O)/C=C/c1cc(Cl)c2c(c1)OCCCO2. The smallest absolute Gasteiger partial charge is 0.331 e. The second-order valence-electron chi connectivity index (χ2n) is 4.73. The molecule has 2 rings (SSSR count). The van der Waals surface area contributed by atoms with Gasteiger partial charge in [0.2, 0.25) is 0 Å². The fourth-order valence-electron chi connectivity index (χ4n) is 1.87. The molecule has 0 fully saturated rings. The molecule has 1 aromatic rings. The molecule has 3 N–H and O–H groups in total. The van der Waals surface area contributed by atoms with Crippen molar-refractivity contribution in [3.05, 3.63) is 28.8 Å². The number of halogens is 1. The average molecular weight is 355 g/mol. The molecule has 0 aromatic heterocycles. The first kappa shape index (κ1) is 17.6. The van der Waals surface area contributed by atoms with E-state index in [9.17, 15) is 14.4 Å². The minimum atomic E-state index is -1.02. The number of nitrogens with one attached hydrogen (secondary N) is 1. The quantitative estimate of drug-likeness (QED) is 0.620. The Balaban J connectivity index is 1.97. The van der Waals surface area contributed by atoms with Gasteiger partial charge in [0, 0.05) is 12.5 Å². The second-order valence-corrected chi connectivity index (χ2v) is 5.14. The lowest BCUT2D eigenvalue weighted by atomic mass is 10.2. The number of hydrogen-bond donors (Lipinski definition) is 2. The standard InChI is InChI=1S/C15H15ClN2O6/c16-10-6-9(7-11-14(10)23-5-1-4-22-11)2-3-13(20)24-8-12(19)18-15(17)21/h2-3,6-7H,1,4-5,8H2,(H3,17,18,19,21)/b3-2+. The number of urea groups is 1. The van der Waals surface area contributed by atoms with E-state index in [0.29, 0.717) is 35.3 Å². The number of carbonyl (C=O) groups excluding carboxylic acids is 3. The second kappa shape index (κ2) is 8.21. The number of esters is 1. The Morgan fingerprint density at radius 2 is 2.04 bits per heavy atom. The van der Waals surface area contributed by atoms with Crippen LogP contribution < -0.4 is 20.5 Å². The minimum absolute atomic E-state index is 0.364. The zero-order chi connectivity index (χ0) is 17.5. The predicted octanol–water partition coefficient (Wildman–Crippen LogP) is 1.25. The molecule has 0 aliphatic carbocycles. The predicted molar refractivity (Wildman–Crippen MR) is 84.8 cm³/mol. The van der Waals surface area contributed by atoms with Crippen LogP contribution in [0.15, 0.2) is 18.2 Å². The van der Waals surface area contributed by atoms with E-state index in [4.69, 9.17) is 26.8 Å². The van der Waals surface area contributed by atoms with Crippen molar-refractivity contribution in [2.75, 3.05) is 19.8 Å². The molecule has 24 heavy (non-hydrogen) atoms. The summed E-state index contributed by atoms with van der Waals surface area (Å²) < 4.78 is 15.7. The van der Waals surface area contributed by atoms with Crippen molar-refractivity contribution in [3.63, 3.8) is 0 Å². The normalized spacial score (nSPS) is 13.2. The Labute approximate surface area is 142 Å². The van der Waals surface area contributed by atoms with Crippen LogP contribution in [0, 0.1) is 0 Å². The number of hydrogen-bond acceptors (Lipinski definition) is 6. The lowest BCUT2D eigenvalue weighted by Crippen LogP contribution is -2.37. The Bertz CT molecular complexity index is 689. The van der Waals surface area contributed by atoms with Crippen molar-refractivity contribution in [2.24, 2.45) is 5.73 Å². The highest BCUT2D eigenvalue weighted by molar-refractivity contribution is 6.32. The fourth-order valence-corrected chi connectivity index (χ4v) is 2.14. The highest BCUT2D eigenvalue weighted by Gasteiger charge is 2.15. The zero-order valence-corrected chi connectivity index (χ0v) is 13.3. The molecular weight excluding hydrogens is 340 g/mol. The lowest BCUT2D eigenvalue weighted by Gasteiger charge is -2.09. The third kappa shape index (κ3) is 5.17. The maximum Gasteiger partial charge on any atom is 0.331 e. The van der Waals surface area contributed by atoms with Gasteiger partial charge in [-0.1, -0.05) is 11.6 Å². The maximum absolute atomic E-state index is 11.5. The molecule has 128 valence electrons. The molecule has 0 bridgehead atoms. The maximum atomic E-state index is 11.5. The van der Waals surface area contributed by atoms with Crippen LogP contribution in [0.5, 0.6) is 11.5 Å². The van der Waals surface area contributed by atoms with Crippen LogP contribution in [0.25, 0.3) is 6.08 Å². The highest BCUT2D eigenvalue weighted by atomic mass is 35.5. The Morgan fingerprint density at radius 3 is 2.79 bits per heavy atom. The van der Waals surface area contributed by atoms with Gasteiger partial charge in [0.15, 0.2) is 18.1 Å². The van der Waals surface area contributed by atoms with Gasteiger partial charge >= 0.3 is 12.0 Å². The third-order valence-corrected chi connectivity index (χ3v) is 3.13. The van der Waals surface area contributed by atoms with Crippen LogP contribution >= 0.6 is 11.6 Å². The lowest BCUT2D eigenvalue weighted by molar-refractivity contribution is -0.143. The number of nitrogens with two attached hydrogens (primary N) is 1. The van der Waals surface area contributed by atoms with Gasteiger partial charge in [0.1, 0.15) is 0 Å². The van der Waals surface area contributed by atoms with Crippen LogP contribution in [0.4, 0.5) is 4.79 Å². The minimum Gasteiger partial charge on any atom is -0.489 e. The zero-order valence-electron chi connectivity index (χ0n) is 12.5. The number of carbonyl (C=O) groups is 3. The Kier molecular flexibility index (Phi) is 6.02. The van der Waals surface area contributed by atoms with Crippen LogP contribution in [-0.4, -0.2) is 37.7 Å². The van der Waals surface area contributed by atoms with Crippen molar-refractivity contribution in [1.82, 2.24) is 5.32 Å². The summed E-state index contributed by atoms with van der Waals surface area (Å²) in [7, 11) is 0. The molecule has 0 saturated carbocycles. The molecule has 3 amide bonds. The number of imide groups is 1. The molecule has 1 aliphatic rings. The Morgan fingerprint density at radius 1 is 1.29 bits per heavy atom. The van der Waals surface area contributed by atoms with Gasteiger partial charge < -0.3 is 19.9 Å². The van der Waals surface area contributed by atoms with Crippen molar-refractivity contribution < 1.29 is 28.6 Å². The van der Waals surface area contributed by atoms with Crippen LogP contribution in [-0.2, 0) is 14.3 Å². The monoisotopic (exact) mass is 354 g/mol. The highest BCUT2D eigenvalue weighted by Crippen LogP contribution is 2.38. The van der Waals surface area contributed by atoms with E-state index in [1.165, 1.54) is 6.08 Å². The first-order valence-electron chi connectivity index (χ1n) is 6.99. The molecule has 1 aliphatic heterocycles. The molecule has 0 saturated heterocycles. The number of primary amides is 1. The summed E-state index contributed by atoms with van der Waals surface area (Å²) in [6.07, 6.45) is 3.32. The number of fused-ring (bicyclic) bond motifs is 1.